The Morgan fingerprint density at radius 2 is 2.08 bits per heavy atom. The summed E-state index contributed by atoms with van der Waals surface area (Å²) in [5, 5.41) is 0. The molecule has 0 heterocycles. The zero-order valence-electron chi connectivity index (χ0n) is 8.49. The van der Waals surface area contributed by atoms with E-state index in [0.29, 0.717) is 6.61 Å². The van der Waals surface area contributed by atoms with Crippen LogP contribution in [0, 0.1) is 0 Å². The Morgan fingerprint density at radius 3 is 2.50 bits per heavy atom. The van der Waals surface area contributed by atoms with Gasteiger partial charge in [-0.3, -0.25) is 0 Å². The molecule has 0 unspecified atom stereocenters. The number of hydrogen-bond donors (Lipinski definition) is 2. The first kappa shape index (κ1) is 16.1. The summed E-state index contributed by atoms with van der Waals surface area (Å²) < 4.78 is 5.57. The second-order valence-electron chi connectivity index (χ2n) is 2.11. The van der Waals surface area contributed by atoms with Gasteiger partial charge in [0, 0.05) is 0 Å². The molecule has 0 bridgehead atoms. The number of amides is 1. The van der Waals surface area contributed by atoms with Crippen LogP contribution in [0.15, 0.2) is 0 Å². The second-order valence-corrected chi connectivity index (χ2v) is 3.23. The first-order chi connectivity index (χ1) is 5.18. The predicted molar refractivity (Wildman–Crippen MR) is 51.8 cm³/mol. The van der Waals surface area contributed by atoms with Crippen LogP contribution in [0.25, 0.3) is 0 Å². The third kappa shape index (κ3) is 9.69. The fraction of sp³-hybridized carbons (Fsp3) is 0.833. The van der Waals surface area contributed by atoms with Crippen LogP contribution in [0.2, 0.25) is 0 Å². The molecule has 0 N–H and O–H groups in total. The molecule has 3 nitrogen and oxygen atoms in total. The minimum Gasteiger partial charge on any atom is -1.00 e. The van der Waals surface area contributed by atoms with Gasteiger partial charge < -0.3 is 6.16 Å². The normalized spacial score (nSPS) is 8.58. The van der Waals surface area contributed by atoms with Crippen molar-refractivity contribution in [1.29, 1.82) is 0 Å². The van der Waals surface area contributed by atoms with E-state index in [0.717, 1.165) is 23.0 Å². The molecule has 0 saturated heterocycles. The summed E-state index contributed by atoms with van der Waals surface area (Å²) in [4.78, 5) is 10.7. The molecule has 0 fully saturated rings. The fourth-order valence-electron chi connectivity index (χ4n) is 0.569. The molecule has 0 atom stereocenters. The van der Waals surface area contributed by atoms with Gasteiger partial charge in [-0.2, -0.15) is 3.71 Å². The van der Waals surface area contributed by atoms with E-state index < -0.39 is 6.09 Å². The second kappa shape index (κ2) is 10.7. The monoisotopic (exact) mass is 235 g/mol. The molecule has 0 aliphatic rings. The van der Waals surface area contributed by atoms with Crippen LogP contribution in [0.4, 0.5) is 4.79 Å². The molecule has 12 heavy (non-hydrogen) atoms. The van der Waals surface area contributed by atoms with Gasteiger partial charge in [-0.05, 0) is 32.1 Å². The standard InChI is InChI=1S/C6H13NO2S2.K.H/c1-2-3-4-5-9-6(8)7(10)11;;/h10-11H,2-5H2,1H3;;/q;+1;-1. The average Bonchev–Trinajstić information content (AvgIpc) is 1.97. The van der Waals surface area contributed by atoms with E-state index in [1.54, 1.807) is 0 Å². The minimum absolute atomic E-state index is 0. The molecule has 0 aliphatic carbocycles. The number of carbonyl (C=O) groups is 1. The summed E-state index contributed by atoms with van der Waals surface area (Å²) in [6.45, 7) is 2.54. The third-order valence-corrected chi connectivity index (χ3v) is 1.46. The Bertz CT molecular complexity index is 129. The Balaban J connectivity index is -0.000000500. The summed E-state index contributed by atoms with van der Waals surface area (Å²) in [6.07, 6.45) is 2.57. The Labute approximate surface area is 129 Å². The molecule has 68 valence electrons. The van der Waals surface area contributed by atoms with Crippen molar-refractivity contribution in [2.75, 3.05) is 6.61 Å². The number of hydrogen-bond acceptors (Lipinski definition) is 4. The van der Waals surface area contributed by atoms with Crippen LogP contribution in [0.5, 0.6) is 0 Å². The van der Waals surface area contributed by atoms with Crippen molar-refractivity contribution in [3.05, 3.63) is 0 Å². The molecular weight excluding hydrogens is 221 g/mol. The maximum atomic E-state index is 10.7. The smallest absolute Gasteiger partial charge is 1.00 e. The van der Waals surface area contributed by atoms with Gasteiger partial charge >= 0.3 is 57.5 Å². The molecule has 6 heteroatoms. The molecule has 0 aromatic heterocycles. The zero-order chi connectivity index (χ0) is 8.69. The SMILES string of the molecule is CCCCCOC(=O)N(S)S.[H-].[K+]. The van der Waals surface area contributed by atoms with Gasteiger partial charge in [0.1, 0.15) is 0 Å². The summed E-state index contributed by atoms with van der Waals surface area (Å²) in [7, 11) is 0. The summed E-state index contributed by atoms with van der Waals surface area (Å²) in [5.74, 6) is 0. The van der Waals surface area contributed by atoms with Crippen molar-refractivity contribution in [3.63, 3.8) is 0 Å². The number of carbonyl (C=O) groups excluding carboxylic acids is 1. The Hall–Kier alpha value is 1.61. The van der Waals surface area contributed by atoms with E-state index >= 15 is 0 Å². The van der Waals surface area contributed by atoms with E-state index in [2.05, 4.69) is 32.6 Å². The molecule has 0 aromatic carbocycles. The molecule has 0 rings (SSSR count). The number of ether oxygens (including phenoxy) is 1. The number of thiol groups is 2. The average molecular weight is 235 g/mol. The van der Waals surface area contributed by atoms with Crippen LogP contribution in [0.3, 0.4) is 0 Å². The van der Waals surface area contributed by atoms with E-state index in [1.807, 2.05) is 0 Å². The molecular formula is C6H14KNO2S2. The van der Waals surface area contributed by atoms with Crippen molar-refractivity contribution in [2.45, 2.75) is 26.2 Å². The van der Waals surface area contributed by atoms with Crippen molar-refractivity contribution in [2.24, 2.45) is 0 Å². The van der Waals surface area contributed by atoms with E-state index in [9.17, 15) is 4.79 Å². The molecule has 0 aliphatic heterocycles. The van der Waals surface area contributed by atoms with Gasteiger partial charge in [-0.25, -0.2) is 4.79 Å². The van der Waals surface area contributed by atoms with E-state index in [4.69, 9.17) is 4.74 Å². The van der Waals surface area contributed by atoms with Crippen LogP contribution in [0.1, 0.15) is 27.6 Å². The first-order valence-corrected chi connectivity index (χ1v) is 4.33. The van der Waals surface area contributed by atoms with Gasteiger partial charge in [-0.15, -0.1) is 0 Å². The maximum Gasteiger partial charge on any atom is 1.00 e. The van der Waals surface area contributed by atoms with Gasteiger partial charge in [0.2, 0.25) is 0 Å². The van der Waals surface area contributed by atoms with Crippen LogP contribution in [-0.2, 0) is 4.74 Å². The van der Waals surface area contributed by atoms with Gasteiger partial charge in [0.15, 0.2) is 0 Å². The van der Waals surface area contributed by atoms with Crippen molar-refractivity contribution in [3.8, 4) is 0 Å². The maximum absolute atomic E-state index is 10.7. The minimum atomic E-state index is -0.521. The largest absolute Gasteiger partial charge is 1.00 e. The molecule has 1 amide bonds. The van der Waals surface area contributed by atoms with Crippen molar-refractivity contribution in [1.82, 2.24) is 3.71 Å². The summed E-state index contributed by atoms with van der Waals surface area (Å²) in [6, 6.07) is 0. The molecule has 0 radical (unpaired) electrons. The number of nitrogens with zero attached hydrogens (tertiary/aromatic N) is 1. The number of unbranched alkanes of at least 4 members (excludes halogenated alkanes) is 2. The predicted octanol–water partition coefficient (Wildman–Crippen LogP) is -0.579. The Morgan fingerprint density at radius 1 is 1.50 bits per heavy atom. The van der Waals surface area contributed by atoms with Gasteiger partial charge in [-0.1, -0.05) is 19.8 Å². The van der Waals surface area contributed by atoms with Crippen molar-refractivity contribution < 1.29 is 62.3 Å². The van der Waals surface area contributed by atoms with Crippen LogP contribution < -0.4 is 51.4 Å². The first-order valence-electron chi connectivity index (χ1n) is 3.53. The number of rotatable bonds is 4. The summed E-state index contributed by atoms with van der Waals surface area (Å²) >= 11 is 7.28. The quantitative estimate of drug-likeness (QED) is 0.388. The van der Waals surface area contributed by atoms with E-state index in [-0.39, 0.29) is 52.8 Å². The molecule has 0 aromatic rings. The Kier molecular flexibility index (Phi) is 14.3. The van der Waals surface area contributed by atoms with Crippen molar-refractivity contribution >= 4 is 31.7 Å². The van der Waals surface area contributed by atoms with E-state index in [1.165, 1.54) is 0 Å². The molecule has 0 saturated carbocycles. The fourth-order valence-corrected chi connectivity index (χ4v) is 0.685. The van der Waals surface area contributed by atoms with Crippen LogP contribution >= 0.6 is 25.6 Å². The summed E-state index contributed by atoms with van der Waals surface area (Å²) in [5.41, 5.74) is 0. The zero-order valence-corrected chi connectivity index (χ0v) is 12.4. The van der Waals surface area contributed by atoms with Gasteiger partial charge in [0.25, 0.3) is 0 Å². The van der Waals surface area contributed by atoms with Gasteiger partial charge in [0.05, 0.1) is 6.61 Å². The topological polar surface area (TPSA) is 29.5 Å². The van der Waals surface area contributed by atoms with Crippen LogP contribution in [-0.4, -0.2) is 16.4 Å². The third-order valence-electron chi connectivity index (χ3n) is 1.14. The molecule has 0 spiro atoms.